The van der Waals surface area contributed by atoms with Crippen molar-refractivity contribution in [1.29, 1.82) is 5.26 Å². The van der Waals surface area contributed by atoms with E-state index in [1.807, 2.05) is 6.07 Å². The molecule has 1 aromatic carbocycles. The fourth-order valence-electron chi connectivity index (χ4n) is 5.27. The van der Waals surface area contributed by atoms with Crippen LogP contribution >= 0.6 is 15.9 Å². The molecule has 0 spiro atoms. The number of hydrogen-bond acceptors (Lipinski definition) is 8. The molecule has 1 amide bonds. The van der Waals surface area contributed by atoms with E-state index in [0.29, 0.717) is 44.9 Å². The molecule has 184 valence electrons. The highest BCUT2D eigenvalue weighted by Gasteiger charge is 2.33. The minimum absolute atomic E-state index is 0.157. The second kappa shape index (κ2) is 9.99. The maximum Gasteiger partial charge on any atom is 0.319 e. The van der Waals surface area contributed by atoms with Crippen LogP contribution in [0.1, 0.15) is 24.8 Å². The van der Waals surface area contributed by atoms with Gasteiger partial charge in [-0.2, -0.15) is 15.2 Å². The number of amides is 1. The smallest absolute Gasteiger partial charge is 0.319 e. The Hall–Kier alpha value is -2.90. The van der Waals surface area contributed by atoms with E-state index in [2.05, 4.69) is 45.4 Å². The number of piperazine rings is 1. The first-order chi connectivity index (χ1) is 17.0. The van der Waals surface area contributed by atoms with Crippen LogP contribution < -0.4 is 14.4 Å². The Bertz CT molecular complexity index is 1200. The number of likely N-dealkylation sites (tertiary alicyclic amines) is 1. The molecule has 0 bridgehead atoms. The number of halogens is 1. The van der Waals surface area contributed by atoms with Gasteiger partial charge in [0, 0.05) is 42.1 Å². The number of carbonyl (C=O) groups is 1. The average molecular weight is 541 g/mol. The van der Waals surface area contributed by atoms with E-state index < -0.39 is 0 Å². The van der Waals surface area contributed by atoms with Crippen molar-refractivity contribution in [2.24, 2.45) is 0 Å². The van der Waals surface area contributed by atoms with Crippen molar-refractivity contribution in [3.63, 3.8) is 0 Å². The molecule has 2 unspecified atom stereocenters. The largest absolute Gasteiger partial charge is 0.492 e. The predicted molar refractivity (Wildman–Crippen MR) is 136 cm³/mol. The number of aromatic nitrogens is 2. The van der Waals surface area contributed by atoms with E-state index in [0.717, 1.165) is 51.9 Å². The van der Waals surface area contributed by atoms with Crippen LogP contribution in [0.4, 0.5) is 5.82 Å². The minimum atomic E-state index is -0.259. The van der Waals surface area contributed by atoms with Crippen molar-refractivity contribution in [1.82, 2.24) is 19.8 Å². The highest BCUT2D eigenvalue weighted by atomic mass is 79.9. The van der Waals surface area contributed by atoms with E-state index in [1.165, 1.54) is 12.5 Å². The minimum Gasteiger partial charge on any atom is -0.492 e. The molecule has 35 heavy (non-hydrogen) atoms. The van der Waals surface area contributed by atoms with Gasteiger partial charge in [-0.25, -0.2) is 0 Å². The highest BCUT2D eigenvalue weighted by molar-refractivity contribution is 9.10. The number of ether oxygens (including phenoxy) is 2. The second-order valence-corrected chi connectivity index (χ2v) is 10.1. The molecular formula is C25H29BrN6O3. The van der Waals surface area contributed by atoms with Crippen LogP contribution in [-0.2, 0) is 11.2 Å². The summed E-state index contributed by atoms with van der Waals surface area (Å²) < 4.78 is 13.2. The van der Waals surface area contributed by atoms with Gasteiger partial charge in [0.15, 0.2) is 0 Å². The van der Waals surface area contributed by atoms with Crippen LogP contribution in [-0.4, -0.2) is 84.2 Å². The van der Waals surface area contributed by atoms with E-state index in [4.69, 9.17) is 19.4 Å². The Labute approximate surface area is 213 Å². The zero-order valence-electron chi connectivity index (χ0n) is 19.9. The number of likely N-dealkylation sites (N-methyl/N-ethyl adjacent to an activating group) is 1. The monoisotopic (exact) mass is 540 g/mol. The maximum atomic E-state index is 12.4. The topological polar surface area (TPSA) is 94.8 Å². The van der Waals surface area contributed by atoms with Gasteiger partial charge in [0.25, 0.3) is 0 Å². The van der Waals surface area contributed by atoms with E-state index in [-0.39, 0.29) is 18.4 Å². The van der Waals surface area contributed by atoms with E-state index >= 15 is 0 Å². The van der Waals surface area contributed by atoms with Crippen molar-refractivity contribution in [3.05, 3.63) is 28.8 Å². The van der Waals surface area contributed by atoms with Gasteiger partial charge in [-0.05, 0) is 38.6 Å². The van der Waals surface area contributed by atoms with Gasteiger partial charge in [-0.15, -0.1) is 0 Å². The van der Waals surface area contributed by atoms with Crippen LogP contribution in [0.5, 0.6) is 11.8 Å². The summed E-state index contributed by atoms with van der Waals surface area (Å²) in [6.07, 6.45) is 4.62. The lowest BCUT2D eigenvalue weighted by Crippen LogP contribution is -2.55. The maximum absolute atomic E-state index is 12.4. The van der Waals surface area contributed by atoms with E-state index in [9.17, 15) is 10.1 Å². The fourth-order valence-corrected chi connectivity index (χ4v) is 5.87. The van der Waals surface area contributed by atoms with Crippen molar-refractivity contribution >= 4 is 38.6 Å². The van der Waals surface area contributed by atoms with Crippen LogP contribution in [0.25, 0.3) is 10.9 Å². The molecule has 0 saturated carbocycles. The molecule has 2 atom stereocenters. The van der Waals surface area contributed by atoms with Gasteiger partial charge in [-0.1, -0.05) is 22.5 Å². The van der Waals surface area contributed by atoms with Crippen LogP contribution in [0, 0.1) is 11.3 Å². The first-order valence-electron chi connectivity index (χ1n) is 12.0. The van der Waals surface area contributed by atoms with Crippen molar-refractivity contribution in [2.45, 2.75) is 37.8 Å². The van der Waals surface area contributed by atoms with Crippen molar-refractivity contribution in [3.8, 4) is 17.8 Å². The average Bonchev–Trinajstić information content (AvgIpc) is 3.51. The zero-order chi connectivity index (χ0) is 24.5. The number of anilines is 1. The van der Waals surface area contributed by atoms with Crippen LogP contribution in [0.2, 0.25) is 0 Å². The molecule has 3 aliphatic heterocycles. The summed E-state index contributed by atoms with van der Waals surface area (Å²) in [4.78, 5) is 28.2. The molecule has 5 rings (SSSR count). The van der Waals surface area contributed by atoms with Gasteiger partial charge >= 0.3 is 6.01 Å². The number of rotatable bonds is 6. The van der Waals surface area contributed by atoms with Crippen molar-refractivity contribution in [2.75, 3.05) is 51.3 Å². The highest BCUT2D eigenvalue weighted by Crippen LogP contribution is 2.43. The van der Waals surface area contributed by atoms with Gasteiger partial charge in [0.05, 0.1) is 36.0 Å². The zero-order valence-corrected chi connectivity index (χ0v) is 21.5. The lowest BCUT2D eigenvalue weighted by molar-refractivity contribution is -0.128. The number of hydrogen-bond donors (Lipinski definition) is 0. The SMILES string of the molecule is C=CC(=O)N1CCN(c2nc(OCC3CCCN3C)nc3cc(Br)c4c(c23)OCC4)CC1CC#N. The Morgan fingerprint density at radius 2 is 2.23 bits per heavy atom. The van der Waals surface area contributed by atoms with Gasteiger partial charge in [0.1, 0.15) is 18.2 Å². The van der Waals surface area contributed by atoms with Gasteiger partial charge in [-0.3, -0.25) is 4.79 Å². The first-order valence-corrected chi connectivity index (χ1v) is 12.8. The Balaban J connectivity index is 1.53. The molecule has 9 nitrogen and oxygen atoms in total. The number of benzene rings is 1. The van der Waals surface area contributed by atoms with Crippen molar-refractivity contribution < 1.29 is 14.3 Å². The number of fused-ring (bicyclic) bond motifs is 3. The molecular weight excluding hydrogens is 512 g/mol. The van der Waals surface area contributed by atoms with Crippen LogP contribution in [0.3, 0.4) is 0 Å². The third kappa shape index (κ3) is 4.55. The molecule has 1 aromatic heterocycles. The summed E-state index contributed by atoms with van der Waals surface area (Å²) in [7, 11) is 2.12. The Morgan fingerprint density at radius 1 is 1.37 bits per heavy atom. The van der Waals surface area contributed by atoms with Crippen LogP contribution in [0.15, 0.2) is 23.2 Å². The van der Waals surface area contributed by atoms with Gasteiger partial charge < -0.3 is 24.2 Å². The molecule has 0 aliphatic carbocycles. The molecule has 2 saturated heterocycles. The standard InChI is InChI=1S/C25H29BrN6O3/c1-3-21(33)32-11-10-31(14-16(32)6-8-27)24-22-20(13-19(26)18-7-12-34-23(18)22)28-25(29-24)35-15-17-5-4-9-30(17)2/h3,13,16-17H,1,4-7,9-12,14-15H2,2H3. The summed E-state index contributed by atoms with van der Waals surface area (Å²) in [6.45, 7) is 7.36. The lowest BCUT2D eigenvalue weighted by Gasteiger charge is -2.41. The summed E-state index contributed by atoms with van der Waals surface area (Å²) in [6, 6.07) is 4.65. The molecule has 4 heterocycles. The van der Waals surface area contributed by atoms with Gasteiger partial charge in [0.2, 0.25) is 5.91 Å². The normalized spacial score (nSPS) is 22.1. The molecule has 2 aromatic rings. The second-order valence-electron chi connectivity index (χ2n) is 9.27. The fraction of sp³-hybridized carbons (Fsp3) is 0.520. The first kappa shape index (κ1) is 23.8. The number of nitrogens with zero attached hydrogens (tertiary/aromatic N) is 6. The molecule has 0 radical (unpaired) electrons. The Morgan fingerprint density at radius 3 is 2.97 bits per heavy atom. The quantitative estimate of drug-likeness (QED) is 0.516. The summed E-state index contributed by atoms with van der Waals surface area (Å²) >= 11 is 3.69. The summed E-state index contributed by atoms with van der Waals surface area (Å²) in [5.41, 5.74) is 1.86. The molecule has 0 N–H and O–H groups in total. The third-order valence-electron chi connectivity index (χ3n) is 7.19. The molecule has 2 fully saturated rings. The van der Waals surface area contributed by atoms with E-state index in [1.54, 1.807) is 4.90 Å². The number of carbonyl (C=O) groups excluding carboxylic acids is 1. The Kier molecular flexibility index (Phi) is 6.80. The third-order valence-corrected chi connectivity index (χ3v) is 7.90. The predicted octanol–water partition coefficient (Wildman–Crippen LogP) is 2.92. The summed E-state index contributed by atoms with van der Waals surface area (Å²) in [5.74, 6) is 1.37. The summed E-state index contributed by atoms with van der Waals surface area (Å²) in [5, 5.41) is 10.3. The lowest BCUT2D eigenvalue weighted by atomic mass is 10.1. The molecule has 10 heteroatoms. The molecule has 3 aliphatic rings. The number of nitriles is 1.